The molecule has 0 saturated carbocycles. The molecule has 2 rings (SSSR count). The Bertz CT molecular complexity index is 360. The smallest absolute Gasteiger partial charge is 0.0369 e. The van der Waals surface area contributed by atoms with Crippen molar-refractivity contribution in [2.24, 2.45) is 0 Å². The van der Waals surface area contributed by atoms with Crippen LogP contribution in [0.25, 0.3) is 0 Å². The van der Waals surface area contributed by atoms with Crippen LogP contribution in [0.2, 0.25) is 0 Å². The second-order valence-corrected chi connectivity index (χ2v) is 4.76. The van der Waals surface area contributed by atoms with E-state index < -0.39 is 0 Å². The van der Waals surface area contributed by atoms with Gasteiger partial charge in [0.15, 0.2) is 0 Å². The molecule has 1 atom stereocenters. The van der Waals surface area contributed by atoms with Gasteiger partial charge in [0.25, 0.3) is 0 Å². The van der Waals surface area contributed by atoms with Crippen LogP contribution in [0, 0.1) is 13.8 Å². The van der Waals surface area contributed by atoms with E-state index in [1.54, 1.807) is 0 Å². The molecule has 0 amide bonds. The Morgan fingerprint density at radius 1 is 1.31 bits per heavy atom. The quantitative estimate of drug-likeness (QED) is 0.838. The van der Waals surface area contributed by atoms with Crippen molar-refractivity contribution in [3.05, 3.63) is 29.3 Å². The summed E-state index contributed by atoms with van der Waals surface area (Å²) in [7, 11) is 0. The van der Waals surface area contributed by atoms with Crippen molar-refractivity contribution in [2.45, 2.75) is 33.2 Å². The van der Waals surface area contributed by atoms with Gasteiger partial charge >= 0.3 is 0 Å². The van der Waals surface area contributed by atoms with Gasteiger partial charge in [0.2, 0.25) is 0 Å². The molecule has 88 valence electrons. The third kappa shape index (κ3) is 2.38. The zero-order chi connectivity index (χ0) is 11.5. The Labute approximate surface area is 98.7 Å². The van der Waals surface area contributed by atoms with Gasteiger partial charge in [-0.2, -0.15) is 0 Å². The molecule has 1 aliphatic rings. The number of aryl methyl sites for hydroxylation is 2. The van der Waals surface area contributed by atoms with Gasteiger partial charge in [0.1, 0.15) is 0 Å². The first-order valence-electron chi connectivity index (χ1n) is 6.26. The number of benzene rings is 1. The maximum atomic E-state index is 3.53. The molecule has 1 aliphatic heterocycles. The maximum absolute atomic E-state index is 3.53. The molecule has 0 spiro atoms. The molecule has 1 saturated heterocycles. The summed E-state index contributed by atoms with van der Waals surface area (Å²) in [5.41, 5.74) is 4.15. The summed E-state index contributed by atoms with van der Waals surface area (Å²) >= 11 is 0. The summed E-state index contributed by atoms with van der Waals surface area (Å²) < 4.78 is 0. The topological polar surface area (TPSA) is 15.3 Å². The maximum Gasteiger partial charge on any atom is 0.0369 e. The number of rotatable bonds is 3. The summed E-state index contributed by atoms with van der Waals surface area (Å²) in [6, 6.07) is 7.46. The fourth-order valence-electron chi connectivity index (χ4n) is 2.37. The first-order valence-corrected chi connectivity index (χ1v) is 6.26. The first-order chi connectivity index (χ1) is 7.70. The Balaban J connectivity index is 2.05. The molecule has 0 aliphatic carbocycles. The third-order valence-corrected chi connectivity index (χ3v) is 3.54. The van der Waals surface area contributed by atoms with Crippen LogP contribution in [0.15, 0.2) is 18.2 Å². The molecular formula is C14H22N2. The monoisotopic (exact) mass is 218 g/mol. The van der Waals surface area contributed by atoms with E-state index in [0.717, 1.165) is 13.1 Å². The molecule has 0 aromatic heterocycles. The van der Waals surface area contributed by atoms with Crippen molar-refractivity contribution in [3.63, 3.8) is 0 Å². The summed E-state index contributed by atoms with van der Waals surface area (Å²) in [5.74, 6) is 0. The van der Waals surface area contributed by atoms with Crippen LogP contribution in [-0.2, 0) is 0 Å². The lowest BCUT2D eigenvalue weighted by atomic mass is 10.1. The third-order valence-electron chi connectivity index (χ3n) is 3.54. The molecule has 0 radical (unpaired) electrons. The van der Waals surface area contributed by atoms with E-state index in [-0.39, 0.29) is 0 Å². The van der Waals surface area contributed by atoms with Gasteiger partial charge < -0.3 is 10.2 Å². The predicted octanol–water partition coefficient (Wildman–Crippen LogP) is 2.49. The van der Waals surface area contributed by atoms with Gasteiger partial charge in [0, 0.05) is 24.8 Å². The van der Waals surface area contributed by atoms with Crippen molar-refractivity contribution in [1.29, 1.82) is 0 Å². The summed E-state index contributed by atoms with van der Waals surface area (Å²) in [4.78, 5) is 2.49. The van der Waals surface area contributed by atoms with Crippen LogP contribution >= 0.6 is 0 Å². The van der Waals surface area contributed by atoms with Gasteiger partial charge in [-0.05, 0) is 50.1 Å². The van der Waals surface area contributed by atoms with Gasteiger partial charge in [-0.3, -0.25) is 0 Å². The van der Waals surface area contributed by atoms with Gasteiger partial charge in [-0.15, -0.1) is 0 Å². The molecule has 1 N–H and O–H groups in total. The van der Waals surface area contributed by atoms with Crippen LogP contribution < -0.4 is 10.2 Å². The van der Waals surface area contributed by atoms with Crippen molar-refractivity contribution in [1.82, 2.24) is 5.32 Å². The summed E-state index contributed by atoms with van der Waals surface area (Å²) in [6.07, 6.45) is 1.26. The van der Waals surface area contributed by atoms with Crippen molar-refractivity contribution < 1.29 is 0 Å². The highest BCUT2D eigenvalue weighted by Crippen LogP contribution is 2.22. The first kappa shape index (κ1) is 11.5. The zero-order valence-corrected chi connectivity index (χ0v) is 10.6. The lowest BCUT2D eigenvalue weighted by Crippen LogP contribution is -2.32. The molecule has 2 heteroatoms. The predicted molar refractivity (Wildman–Crippen MR) is 70.2 cm³/mol. The normalized spacial score (nSPS) is 20.4. The fourth-order valence-corrected chi connectivity index (χ4v) is 2.37. The van der Waals surface area contributed by atoms with Crippen molar-refractivity contribution in [3.8, 4) is 0 Å². The van der Waals surface area contributed by atoms with E-state index >= 15 is 0 Å². The molecule has 1 aromatic carbocycles. The average Bonchev–Trinajstić information content (AvgIpc) is 2.71. The number of likely N-dealkylation sites (N-methyl/N-ethyl adjacent to an activating group) is 1. The average molecular weight is 218 g/mol. The van der Waals surface area contributed by atoms with E-state index in [0.29, 0.717) is 6.04 Å². The fraction of sp³-hybridized carbons (Fsp3) is 0.571. The SMILES string of the molecule is CCNC1CCN(c2ccc(C)c(C)c2)C1. The number of hydrogen-bond donors (Lipinski definition) is 1. The molecule has 1 aromatic rings. The highest BCUT2D eigenvalue weighted by atomic mass is 15.2. The largest absolute Gasteiger partial charge is 0.370 e. The van der Waals surface area contributed by atoms with Crippen LogP contribution in [0.4, 0.5) is 5.69 Å². The molecule has 1 heterocycles. The van der Waals surface area contributed by atoms with Crippen LogP contribution in [0.1, 0.15) is 24.5 Å². The molecular weight excluding hydrogens is 196 g/mol. The van der Waals surface area contributed by atoms with Crippen molar-refractivity contribution >= 4 is 5.69 Å². The van der Waals surface area contributed by atoms with Gasteiger partial charge in [-0.1, -0.05) is 13.0 Å². The van der Waals surface area contributed by atoms with E-state index in [4.69, 9.17) is 0 Å². The minimum atomic E-state index is 0.673. The Morgan fingerprint density at radius 2 is 2.12 bits per heavy atom. The standard InChI is InChI=1S/C14H22N2/c1-4-15-13-7-8-16(10-13)14-6-5-11(2)12(3)9-14/h5-6,9,13,15H,4,7-8,10H2,1-3H3. The summed E-state index contributed by atoms with van der Waals surface area (Å²) in [5, 5.41) is 3.53. The zero-order valence-electron chi connectivity index (χ0n) is 10.6. The second kappa shape index (κ2) is 4.88. The second-order valence-electron chi connectivity index (χ2n) is 4.76. The Morgan fingerprint density at radius 3 is 2.81 bits per heavy atom. The van der Waals surface area contributed by atoms with E-state index in [1.165, 1.54) is 29.8 Å². The Hall–Kier alpha value is -1.02. The Kier molecular flexibility index (Phi) is 3.49. The molecule has 2 nitrogen and oxygen atoms in total. The van der Waals surface area contributed by atoms with Crippen LogP contribution in [0.5, 0.6) is 0 Å². The number of nitrogens with one attached hydrogen (secondary N) is 1. The molecule has 0 bridgehead atoms. The van der Waals surface area contributed by atoms with Crippen molar-refractivity contribution in [2.75, 3.05) is 24.5 Å². The van der Waals surface area contributed by atoms with Gasteiger partial charge in [-0.25, -0.2) is 0 Å². The van der Waals surface area contributed by atoms with Crippen LogP contribution in [-0.4, -0.2) is 25.7 Å². The van der Waals surface area contributed by atoms with Crippen LogP contribution in [0.3, 0.4) is 0 Å². The van der Waals surface area contributed by atoms with E-state index in [9.17, 15) is 0 Å². The van der Waals surface area contributed by atoms with E-state index in [2.05, 4.69) is 49.2 Å². The lowest BCUT2D eigenvalue weighted by molar-refractivity contribution is 0.572. The highest BCUT2D eigenvalue weighted by Gasteiger charge is 2.21. The summed E-state index contributed by atoms with van der Waals surface area (Å²) in [6.45, 7) is 9.95. The molecule has 1 fully saturated rings. The lowest BCUT2D eigenvalue weighted by Gasteiger charge is -2.20. The molecule has 1 unspecified atom stereocenters. The minimum absolute atomic E-state index is 0.673. The number of hydrogen-bond acceptors (Lipinski definition) is 2. The van der Waals surface area contributed by atoms with E-state index in [1.807, 2.05) is 0 Å². The molecule has 16 heavy (non-hydrogen) atoms. The number of anilines is 1. The minimum Gasteiger partial charge on any atom is -0.370 e. The highest BCUT2D eigenvalue weighted by molar-refractivity contribution is 5.51. The van der Waals surface area contributed by atoms with Gasteiger partial charge in [0.05, 0.1) is 0 Å². The number of nitrogens with zero attached hydrogens (tertiary/aromatic N) is 1.